The first-order valence-corrected chi connectivity index (χ1v) is 20.2. The first kappa shape index (κ1) is 51.7. The molecule has 0 fully saturated rings. The molecule has 1 heterocycles. The van der Waals surface area contributed by atoms with Gasteiger partial charge in [-0.3, -0.25) is 5.04 Å². The van der Waals surface area contributed by atoms with Gasteiger partial charge in [-0.05, 0) is 89.3 Å². The zero-order chi connectivity index (χ0) is 42.8. The van der Waals surface area contributed by atoms with Crippen LogP contribution in [-0.4, -0.2) is 46.2 Å². The van der Waals surface area contributed by atoms with Gasteiger partial charge in [0.05, 0.1) is 60.4 Å². The fourth-order valence-electron chi connectivity index (χ4n) is 5.72. The van der Waals surface area contributed by atoms with E-state index in [9.17, 15) is 46.5 Å². The van der Waals surface area contributed by atoms with Crippen LogP contribution >= 0.6 is 12.0 Å². The molecule has 26 heteroatoms. The van der Waals surface area contributed by atoms with E-state index < -0.39 is 47.3 Å². The second-order valence-electron chi connectivity index (χ2n) is 12.3. The van der Waals surface area contributed by atoms with Gasteiger partial charge in [-0.1, -0.05) is 36.4 Å². The molecule has 0 radical (unpaired) electrons. The largest absolute Gasteiger partial charge is 1.00 e. The summed E-state index contributed by atoms with van der Waals surface area (Å²) in [4.78, 5) is 2.41. The number of nitrogens with two attached hydrogens (primary N) is 1. The number of pyridine rings is 1. The summed E-state index contributed by atoms with van der Waals surface area (Å²) in [6, 6.07) is 26.3. The summed E-state index contributed by atoms with van der Waals surface area (Å²) in [7, 11) is -10.1. The van der Waals surface area contributed by atoms with Crippen molar-refractivity contribution in [1.82, 2.24) is 4.98 Å². The van der Waals surface area contributed by atoms with E-state index in [-0.39, 0.29) is 133 Å². The molecule has 0 atom stereocenters. The molecule has 7 rings (SSSR count). The minimum Gasteiger partial charge on any atom is -0.744 e. The minimum atomic E-state index is -5.33. The molecule has 0 saturated carbocycles. The van der Waals surface area contributed by atoms with Crippen LogP contribution in [0.3, 0.4) is 0 Å². The number of phenolic OH excluding ortho intramolecular Hbond substituents is 1. The van der Waals surface area contributed by atoms with E-state index in [2.05, 4.69) is 45.0 Å². The molecule has 63 heavy (non-hydrogen) atoms. The zero-order valence-electron chi connectivity index (χ0n) is 32.8. The molecule has 7 aromatic rings. The van der Waals surface area contributed by atoms with Crippen molar-refractivity contribution in [3.05, 3.63) is 109 Å². The number of benzene rings is 6. The molecule has 0 unspecified atom stereocenters. The Bertz CT molecular complexity index is 3130. The Morgan fingerprint density at radius 3 is 1.65 bits per heavy atom. The fourth-order valence-corrected chi connectivity index (χ4v) is 7.34. The van der Waals surface area contributed by atoms with Gasteiger partial charge in [0.15, 0.2) is 17.2 Å². The van der Waals surface area contributed by atoms with E-state index >= 15 is 0 Å². The Kier molecular flexibility index (Phi) is 17.9. The third kappa shape index (κ3) is 11.8. The van der Waals surface area contributed by atoms with Crippen molar-refractivity contribution in [2.45, 2.75) is 14.7 Å². The van der Waals surface area contributed by atoms with E-state index in [4.69, 9.17) is 5.73 Å². The van der Waals surface area contributed by atoms with Crippen LogP contribution in [-0.2, 0) is 29.6 Å². The van der Waals surface area contributed by atoms with Crippen LogP contribution in [0.2, 0.25) is 0 Å². The number of aromatic hydroxyl groups is 3. The molecule has 0 aliphatic rings. The molecule has 6 aromatic carbocycles. The molecule has 1 aromatic heterocycles. The predicted molar refractivity (Wildman–Crippen MR) is 210 cm³/mol. The Morgan fingerprint density at radius 1 is 0.619 bits per heavy atom. The number of para-hydroxylation sites is 1. The van der Waals surface area contributed by atoms with Gasteiger partial charge in [-0.2, -0.15) is 19.7 Å². The monoisotopic (exact) mass is 936 g/mol. The Morgan fingerprint density at radius 2 is 1.13 bits per heavy atom. The first-order chi connectivity index (χ1) is 28.6. The Balaban J connectivity index is 0.00000290. The molecule has 0 aliphatic carbocycles. The fraction of sp³-hybridized carbons (Fsp3) is 0. The SMILES string of the molecule is Nc1c(N=Nc2ccc(-c3ccc(N=Nc4c(O)nc5ccccc5c4O)cc3)cc2)c(SOO[O-])cc2cc(S(=O)(=O)[O-])c(N=Nc3ccc(S(=O)(=O)[O-])cc3)c(O)c12.[Na+].[Na+].[Na+]. The Labute approximate surface area is 427 Å². The Hall–Kier alpha value is -3.96. The molecule has 5 N–H and O–H groups in total. The molecular formula is C37H23N8Na3O12S3. The summed E-state index contributed by atoms with van der Waals surface area (Å²) >= 11 is 0.323. The number of nitrogens with zero attached hydrogens (tertiary/aromatic N) is 7. The van der Waals surface area contributed by atoms with Crippen molar-refractivity contribution in [1.29, 1.82) is 0 Å². The van der Waals surface area contributed by atoms with Crippen molar-refractivity contribution in [2.24, 2.45) is 30.7 Å². The third-order valence-corrected chi connectivity index (χ3v) is 10.9. The van der Waals surface area contributed by atoms with E-state index in [1.54, 1.807) is 72.8 Å². The van der Waals surface area contributed by atoms with Crippen LogP contribution in [0.5, 0.6) is 17.4 Å². The summed E-state index contributed by atoms with van der Waals surface area (Å²) in [6.45, 7) is 0. The smallest absolute Gasteiger partial charge is 0.744 e. The molecule has 0 spiro atoms. The molecule has 0 amide bonds. The van der Waals surface area contributed by atoms with Gasteiger partial charge in [-0.15, -0.1) is 15.3 Å². The van der Waals surface area contributed by atoms with Crippen LogP contribution < -0.4 is 99.7 Å². The molecule has 0 aliphatic heterocycles. The summed E-state index contributed by atoms with van der Waals surface area (Å²) in [5, 5.41) is 70.4. The minimum absolute atomic E-state index is 0. The van der Waals surface area contributed by atoms with E-state index in [1.807, 2.05) is 0 Å². The number of fused-ring (bicyclic) bond motifs is 2. The first-order valence-electron chi connectivity index (χ1n) is 16.7. The van der Waals surface area contributed by atoms with Gasteiger partial charge in [0.1, 0.15) is 31.6 Å². The number of phenols is 1. The second kappa shape index (κ2) is 21.8. The summed E-state index contributed by atoms with van der Waals surface area (Å²) in [5.74, 6) is -1.64. The number of hydrogen-bond acceptors (Lipinski definition) is 21. The zero-order valence-corrected chi connectivity index (χ0v) is 41.3. The van der Waals surface area contributed by atoms with Crippen LogP contribution in [0.15, 0.2) is 155 Å². The van der Waals surface area contributed by atoms with E-state index in [0.717, 1.165) is 41.5 Å². The summed E-state index contributed by atoms with van der Waals surface area (Å²) in [6.07, 6.45) is 0. The number of nitrogen functional groups attached to an aromatic ring is 1. The molecule has 304 valence electrons. The average molecular weight is 937 g/mol. The van der Waals surface area contributed by atoms with Crippen LogP contribution in [0.25, 0.3) is 32.8 Å². The van der Waals surface area contributed by atoms with Crippen molar-refractivity contribution in [3.63, 3.8) is 0 Å². The van der Waals surface area contributed by atoms with Gasteiger partial charge in [0.25, 0.3) is 0 Å². The van der Waals surface area contributed by atoms with Gasteiger partial charge in [-0.25, -0.2) is 21.8 Å². The van der Waals surface area contributed by atoms with E-state index in [0.29, 0.717) is 34.3 Å². The second-order valence-corrected chi connectivity index (χ2v) is 15.7. The maximum absolute atomic E-state index is 12.3. The standard InChI is InChI=1S/C37H26N8O12S3.3Na/c38-31-30-21(18-29(60(53,54)55)33(36(30)47)44-41-24-13-15-25(16-14-24)59(50,51)52)17-28(58-57-56-49)32(31)43-40-22-9-5-19(6-10-22)20-7-11-23(12-8-20)42-45-34-35(46)26-3-1-2-4-27(26)39-37(34)48;;;/h1-18,47,49H,38H2,(H2,39,46,48)(H,50,51,52)(H,53,54,55);;;/q;3*+1/p-3. The van der Waals surface area contributed by atoms with Crippen LogP contribution in [0, 0.1) is 0 Å². The summed E-state index contributed by atoms with van der Waals surface area (Å²) in [5.41, 5.74) is 7.51. The van der Waals surface area contributed by atoms with Crippen molar-refractivity contribution < 1.29 is 145 Å². The van der Waals surface area contributed by atoms with Crippen LogP contribution in [0.1, 0.15) is 0 Å². The number of aromatic nitrogens is 1. The number of azo groups is 3. The molecule has 0 bridgehead atoms. The molecule has 20 nitrogen and oxygen atoms in total. The normalized spacial score (nSPS) is 11.9. The molecular weight excluding hydrogens is 914 g/mol. The number of hydrogen-bond donors (Lipinski definition) is 4. The average Bonchev–Trinajstić information content (AvgIpc) is 3.22. The van der Waals surface area contributed by atoms with Gasteiger partial charge in [0.2, 0.25) is 5.88 Å². The number of anilines is 1. The third-order valence-electron chi connectivity index (χ3n) is 8.55. The van der Waals surface area contributed by atoms with Gasteiger partial charge >= 0.3 is 88.7 Å². The maximum Gasteiger partial charge on any atom is 1.00 e. The predicted octanol–water partition coefficient (Wildman–Crippen LogP) is -0.949. The van der Waals surface area contributed by atoms with E-state index in [1.165, 1.54) is 6.07 Å². The topological polar surface area (TPSA) is 330 Å². The van der Waals surface area contributed by atoms with Crippen LogP contribution in [0.4, 0.5) is 39.8 Å². The van der Waals surface area contributed by atoms with Crippen molar-refractivity contribution in [2.75, 3.05) is 5.73 Å². The summed E-state index contributed by atoms with van der Waals surface area (Å²) < 4.78 is 75.1. The van der Waals surface area contributed by atoms with Gasteiger partial charge in [0, 0.05) is 5.39 Å². The van der Waals surface area contributed by atoms with Crippen molar-refractivity contribution >= 4 is 93.8 Å². The van der Waals surface area contributed by atoms with Crippen molar-refractivity contribution in [3.8, 4) is 28.5 Å². The number of rotatable bonds is 12. The molecule has 0 saturated heterocycles. The quantitative estimate of drug-likeness (QED) is 0.0218. The maximum atomic E-state index is 12.3. The van der Waals surface area contributed by atoms with Gasteiger partial charge < -0.3 is 35.4 Å².